The molecule has 1 aromatic rings. The maximum absolute atomic E-state index is 13.0. The van der Waals surface area contributed by atoms with Gasteiger partial charge in [-0.05, 0) is 52.6 Å². The summed E-state index contributed by atoms with van der Waals surface area (Å²) in [6.07, 6.45) is 0. The summed E-state index contributed by atoms with van der Waals surface area (Å²) >= 11 is 2.18. The van der Waals surface area contributed by atoms with E-state index in [0.717, 1.165) is 9.13 Å². The Bertz CT molecular complexity index is 292. The fourth-order valence-electron chi connectivity index (χ4n) is 1.12. The lowest BCUT2D eigenvalue weighted by Crippen LogP contribution is -1.95. The number of aryl methyl sites for hydroxylation is 1. The van der Waals surface area contributed by atoms with Gasteiger partial charge in [0.25, 0.3) is 0 Å². The molecule has 0 unspecified atom stereocenters. The van der Waals surface area contributed by atoms with E-state index in [1.165, 1.54) is 5.56 Å². The quantitative estimate of drug-likeness (QED) is 0.684. The minimum absolute atomic E-state index is 0.108. The van der Waals surface area contributed by atoms with Crippen molar-refractivity contribution >= 4 is 22.6 Å². The second-order valence-electron chi connectivity index (χ2n) is 3.28. The van der Waals surface area contributed by atoms with Crippen molar-refractivity contribution in [2.75, 3.05) is 0 Å². The van der Waals surface area contributed by atoms with Crippen LogP contribution in [-0.2, 0) is 0 Å². The van der Waals surface area contributed by atoms with Crippen LogP contribution in [0, 0.1) is 16.3 Å². The summed E-state index contributed by atoms with van der Waals surface area (Å²) in [6.45, 7) is 6.04. The SMILES string of the molecule is Cc1cc(C(C)C)c(I)cc1F. The molecule has 0 fully saturated rings. The summed E-state index contributed by atoms with van der Waals surface area (Å²) in [6, 6.07) is 3.53. The predicted octanol–water partition coefficient (Wildman–Crippen LogP) is 3.86. The fraction of sp³-hybridized carbons (Fsp3) is 0.400. The molecule has 0 spiro atoms. The first kappa shape index (κ1) is 9.96. The van der Waals surface area contributed by atoms with Gasteiger partial charge in [-0.15, -0.1) is 0 Å². The molecule has 2 heteroatoms. The average molecular weight is 278 g/mol. The average Bonchev–Trinajstić information content (AvgIpc) is 1.96. The highest BCUT2D eigenvalue weighted by molar-refractivity contribution is 14.1. The molecule has 0 atom stereocenters. The summed E-state index contributed by atoms with van der Waals surface area (Å²) in [5, 5.41) is 0. The maximum atomic E-state index is 13.0. The summed E-state index contributed by atoms with van der Waals surface area (Å²) < 4.78 is 14.0. The first-order valence-electron chi connectivity index (χ1n) is 3.98. The molecule has 1 rings (SSSR count). The third kappa shape index (κ3) is 1.97. The molecule has 66 valence electrons. The summed E-state index contributed by atoms with van der Waals surface area (Å²) in [5.41, 5.74) is 1.97. The van der Waals surface area contributed by atoms with Gasteiger partial charge in [0.2, 0.25) is 0 Å². The van der Waals surface area contributed by atoms with Crippen LogP contribution in [0.5, 0.6) is 0 Å². The van der Waals surface area contributed by atoms with E-state index in [-0.39, 0.29) is 5.82 Å². The highest BCUT2D eigenvalue weighted by Gasteiger charge is 2.07. The number of hydrogen-bond donors (Lipinski definition) is 0. The van der Waals surface area contributed by atoms with E-state index in [1.54, 1.807) is 13.0 Å². The van der Waals surface area contributed by atoms with Crippen molar-refractivity contribution in [2.24, 2.45) is 0 Å². The van der Waals surface area contributed by atoms with Crippen LogP contribution in [0.25, 0.3) is 0 Å². The second-order valence-corrected chi connectivity index (χ2v) is 4.44. The van der Waals surface area contributed by atoms with Crippen LogP contribution in [0.3, 0.4) is 0 Å². The zero-order valence-electron chi connectivity index (χ0n) is 7.49. The molecular weight excluding hydrogens is 266 g/mol. The summed E-state index contributed by atoms with van der Waals surface area (Å²) in [4.78, 5) is 0. The minimum Gasteiger partial charge on any atom is -0.207 e. The number of rotatable bonds is 1. The monoisotopic (exact) mass is 278 g/mol. The van der Waals surface area contributed by atoms with E-state index in [9.17, 15) is 4.39 Å². The van der Waals surface area contributed by atoms with E-state index in [4.69, 9.17) is 0 Å². The number of hydrogen-bond acceptors (Lipinski definition) is 0. The molecule has 0 amide bonds. The molecule has 0 aromatic heterocycles. The smallest absolute Gasteiger partial charge is 0.127 e. The van der Waals surface area contributed by atoms with E-state index >= 15 is 0 Å². The lowest BCUT2D eigenvalue weighted by molar-refractivity contribution is 0.615. The minimum atomic E-state index is -0.108. The zero-order chi connectivity index (χ0) is 9.30. The third-order valence-corrected chi connectivity index (χ3v) is 2.83. The molecule has 0 N–H and O–H groups in total. The molecule has 0 aliphatic heterocycles. The van der Waals surface area contributed by atoms with Crippen molar-refractivity contribution in [2.45, 2.75) is 26.7 Å². The van der Waals surface area contributed by atoms with Crippen LogP contribution < -0.4 is 0 Å². The van der Waals surface area contributed by atoms with Gasteiger partial charge in [-0.3, -0.25) is 0 Å². The Morgan fingerprint density at radius 1 is 1.33 bits per heavy atom. The van der Waals surface area contributed by atoms with Crippen molar-refractivity contribution in [3.05, 3.63) is 32.6 Å². The van der Waals surface area contributed by atoms with Gasteiger partial charge in [-0.1, -0.05) is 19.9 Å². The lowest BCUT2D eigenvalue weighted by atomic mass is 10.0. The van der Waals surface area contributed by atoms with Gasteiger partial charge in [0.1, 0.15) is 5.82 Å². The standard InChI is InChI=1S/C10H12FI/c1-6(2)8-4-7(3)9(11)5-10(8)12/h4-6H,1-3H3. The zero-order valence-corrected chi connectivity index (χ0v) is 9.65. The van der Waals surface area contributed by atoms with Gasteiger partial charge in [-0.2, -0.15) is 0 Å². The third-order valence-electron chi connectivity index (χ3n) is 1.90. The Morgan fingerprint density at radius 3 is 2.42 bits per heavy atom. The van der Waals surface area contributed by atoms with Crippen molar-refractivity contribution in [1.29, 1.82) is 0 Å². The van der Waals surface area contributed by atoms with Crippen LogP contribution in [0.2, 0.25) is 0 Å². The molecule has 0 saturated carbocycles. The largest absolute Gasteiger partial charge is 0.207 e. The lowest BCUT2D eigenvalue weighted by Gasteiger charge is -2.09. The van der Waals surface area contributed by atoms with Gasteiger partial charge >= 0.3 is 0 Å². The van der Waals surface area contributed by atoms with E-state index < -0.39 is 0 Å². The molecule has 0 nitrogen and oxygen atoms in total. The van der Waals surface area contributed by atoms with Gasteiger partial charge < -0.3 is 0 Å². The van der Waals surface area contributed by atoms with Crippen LogP contribution >= 0.6 is 22.6 Å². The number of benzene rings is 1. The fourth-order valence-corrected chi connectivity index (χ4v) is 2.17. The molecule has 1 aromatic carbocycles. The second kappa shape index (κ2) is 3.73. The van der Waals surface area contributed by atoms with Crippen LogP contribution in [0.15, 0.2) is 12.1 Å². The van der Waals surface area contributed by atoms with Gasteiger partial charge in [0, 0.05) is 3.57 Å². The van der Waals surface area contributed by atoms with Crippen molar-refractivity contribution in [1.82, 2.24) is 0 Å². The van der Waals surface area contributed by atoms with E-state index in [2.05, 4.69) is 36.4 Å². The molecule has 0 aliphatic rings. The Morgan fingerprint density at radius 2 is 1.92 bits per heavy atom. The van der Waals surface area contributed by atoms with Gasteiger partial charge in [0.15, 0.2) is 0 Å². The van der Waals surface area contributed by atoms with Crippen LogP contribution in [0.4, 0.5) is 4.39 Å². The Hall–Kier alpha value is -0.120. The van der Waals surface area contributed by atoms with Crippen LogP contribution in [0.1, 0.15) is 30.9 Å². The van der Waals surface area contributed by atoms with E-state index in [1.807, 2.05) is 6.07 Å². The molecule has 0 aliphatic carbocycles. The highest BCUT2D eigenvalue weighted by atomic mass is 127. The van der Waals surface area contributed by atoms with Gasteiger partial charge in [-0.25, -0.2) is 4.39 Å². The Kier molecular flexibility index (Phi) is 3.09. The molecular formula is C10H12FI. The molecule has 0 saturated heterocycles. The van der Waals surface area contributed by atoms with Gasteiger partial charge in [0.05, 0.1) is 0 Å². The normalized spacial score (nSPS) is 10.8. The molecule has 0 bridgehead atoms. The Balaban J connectivity index is 3.23. The predicted molar refractivity (Wildman–Crippen MR) is 57.9 cm³/mol. The topological polar surface area (TPSA) is 0 Å². The maximum Gasteiger partial charge on any atom is 0.127 e. The highest BCUT2D eigenvalue weighted by Crippen LogP contribution is 2.23. The Labute approximate surface area is 86.3 Å². The number of halogens is 2. The van der Waals surface area contributed by atoms with Crippen LogP contribution in [-0.4, -0.2) is 0 Å². The summed E-state index contributed by atoms with van der Waals surface area (Å²) in [7, 11) is 0. The van der Waals surface area contributed by atoms with E-state index in [0.29, 0.717) is 5.92 Å². The first-order chi connectivity index (χ1) is 5.52. The van der Waals surface area contributed by atoms with Crippen molar-refractivity contribution < 1.29 is 4.39 Å². The van der Waals surface area contributed by atoms with Crippen molar-refractivity contribution in [3.8, 4) is 0 Å². The molecule has 0 radical (unpaired) electrons. The summed E-state index contributed by atoms with van der Waals surface area (Å²) in [5.74, 6) is 0.361. The molecule has 0 heterocycles. The van der Waals surface area contributed by atoms with Crippen molar-refractivity contribution in [3.63, 3.8) is 0 Å². The first-order valence-corrected chi connectivity index (χ1v) is 5.05. The molecule has 12 heavy (non-hydrogen) atoms.